The summed E-state index contributed by atoms with van der Waals surface area (Å²) in [7, 11) is 0. The largest absolute Gasteiger partial charge is 0.398 e. The average Bonchev–Trinajstić information content (AvgIpc) is 2.86. The van der Waals surface area contributed by atoms with E-state index in [4.69, 9.17) is 10.5 Å². The second-order valence-corrected chi connectivity index (χ2v) is 5.48. The molecular weight excluding hydrogens is 257 g/mol. The van der Waals surface area contributed by atoms with Gasteiger partial charge < -0.3 is 15.8 Å². The molecule has 0 saturated carbocycles. The number of hydrogen-bond acceptors (Lipinski definition) is 4. The SMILES string of the molecule is CC1(CNc2c(F)cc(N)c3cccnc23)CCCO1. The Hall–Kier alpha value is -1.88. The number of anilines is 2. The van der Waals surface area contributed by atoms with Crippen LogP contribution in [0.3, 0.4) is 0 Å². The number of hydrogen-bond donors (Lipinski definition) is 2. The predicted octanol–water partition coefficient (Wildman–Crippen LogP) is 2.94. The zero-order valence-corrected chi connectivity index (χ0v) is 11.4. The van der Waals surface area contributed by atoms with Crippen molar-refractivity contribution in [2.24, 2.45) is 0 Å². The number of nitrogens with one attached hydrogen (secondary N) is 1. The Balaban J connectivity index is 1.94. The van der Waals surface area contributed by atoms with Gasteiger partial charge in [-0.05, 0) is 38.0 Å². The molecule has 3 N–H and O–H groups in total. The zero-order valence-electron chi connectivity index (χ0n) is 11.4. The first-order valence-corrected chi connectivity index (χ1v) is 6.80. The van der Waals surface area contributed by atoms with E-state index in [0.717, 1.165) is 24.8 Å². The van der Waals surface area contributed by atoms with Crippen LogP contribution in [0.25, 0.3) is 10.9 Å². The van der Waals surface area contributed by atoms with Crippen molar-refractivity contribution in [3.8, 4) is 0 Å². The molecule has 2 aromatic rings. The minimum atomic E-state index is -0.379. The molecule has 3 rings (SSSR count). The molecule has 106 valence electrons. The van der Waals surface area contributed by atoms with Gasteiger partial charge in [-0.15, -0.1) is 0 Å². The number of nitrogens with two attached hydrogens (primary N) is 1. The van der Waals surface area contributed by atoms with Gasteiger partial charge in [0.05, 0.1) is 16.8 Å². The van der Waals surface area contributed by atoms with Gasteiger partial charge in [-0.1, -0.05) is 0 Å². The van der Waals surface area contributed by atoms with E-state index in [1.54, 1.807) is 12.3 Å². The van der Waals surface area contributed by atoms with Crippen molar-refractivity contribution >= 4 is 22.3 Å². The Kier molecular flexibility index (Phi) is 3.22. The van der Waals surface area contributed by atoms with Gasteiger partial charge in [0.25, 0.3) is 0 Å². The third-order valence-corrected chi connectivity index (χ3v) is 3.82. The summed E-state index contributed by atoms with van der Waals surface area (Å²) in [6.07, 6.45) is 3.66. The summed E-state index contributed by atoms with van der Waals surface area (Å²) in [6.45, 7) is 3.36. The lowest BCUT2D eigenvalue weighted by atomic mass is 10.0. The van der Waals surface area contributed by atoms with Crippen molar-refractivity contribution in [2.75, 3.05) is 24.2 Å². The highest BCUT2D eigenvalue weighted by molar-refractivity contribution is 5.98. The van der Waals surface area contributed by atoms with Gasteiger partial charge >= 0.3 is 0 Å². The molecule has 0 amide bonds. The lowest BCUT2D eigenvalue weighted by Gasteiger charge is -2.24. The smallest absolute Gasteiger partial charge is 0.150 e. The molecule has 1 fully saturated rings. The molecular formula is C15H18FN3O. The first-order chi connectivity index (χ1) is 9.59. The zero-order chi connectivity index (χ0) is 14.2. The van der Waals surface area contributed by atoms with Gasteiger partial charge in [-0.25, -0.2) is 4.39 Å². The number of aromatic nitrogens is 1. The van der Waals surface area contributed by atoms with Crippen molar-refractivity contribution in [3.05, 3.63) is 30.2 Å². The second-order valence-electron chi connectivity index (χ2n) is 5.48. The number of benzene rings is 1. The van der Waals surface area contributed by atoms with E-state index in [1.807, 2.05) is 13.0 Å². The van der Waals surface area contributed by atoms with E-state index < -0.39 is 0 Å². The van der Waals surface area contributed by atoms with Crippen LogP contribution in [0, 0.1) is 5.82 Å². The number of nitrogen functional groups attached to an aromatic ring is 1. The Labute approximate surface area is 117 Å². The third-order valence-electron chi connectivity index (χ3n) is 3.82. The lowest BCUT2D eigenvalue weighted by Crippen LogP contribution is -2.32. The van der Waals surface area contributed by atoms with Gasteiger partial charge in [0.15, 0.2) is 5.82 Å². The fourth-order valence-corrected chi connectivity index (χ4v) is 2.66. The van der Waals surface area contributed by atoms with Crippen molar-refractivity contribution in [1.29, 1.82) is 0 Å². The molecule has 2 heterocycles. The highest BCUT2D eigenvalue weighted by Gasteiger charge is 2.30. The molecule has 1 unspecified atom stereocenters. The van der Waals surface area contributed by atoms with Crippen LogP contribution < -0.4 is 11.1 Å². The topological polar surface area (TPSA) is 60.2 Å². The van der Waals surface area contributed by atoms with E-state index in [-0.39, 0.29) is 11.4 Å². The highest BCUT2D eigenvalue weighted by atomic mass is 19.1. The van der Waals surface area contributed by atoms with Gasteiger partial charge in [-0.3, -0.25) is 4.98 Å². The first-order valence-electron chi connectivity index (χ1n) is 6.80. The van der Waals surface area contributed by atoms with Crippen LogP contribution in [0.2, 0.25) is 0 Å². The number of ether oxygens (including phenoxy) is 1. The summed E-state index contributed by atoms with van der Waals surface area (Å²) >= 11 is 0. The number of fused-ring (bicyclic) bond motifs is 1. The van der Waals surface area contributed by atoms with Crippen LogP contribution in [-0.4, -0.2) is 23.7 Å². The van der Waals surface area contributed by atoms with Crippen LogP contribution in [0.5, 0.6) is 0 Å². The van der Waals surface area contributed by atoms with Crippen molar-refractivity contribution in [1.82, 2.24) is 4.98 Å². The molecule has 1 aliphatic rings. The van der Waals surface area contributed by atoms with Crippen LogP contribution in [0.4, 0.5) is 15.8 Å². The Morgan fingerprint density at radius 1 is 1.55 bits per heavy atom. The van der Waals surface area contributed by atoms with Crippen molar-refractivity contribution in [3.63, 3.8) is 0 Å². The summed E-state index contributed by atoms with van der Waals surface area (Å²) < 4.78 is 19.9. The summed E-state index contributed by atoms with van der Waals surface area (Å²) in [4.78, 5) is 4.25. The van der Waals surface area contributed by atoms with Gasteiger partial charge in [-0.2, -0.15) is 0 Å². The van der Waals surface area contributed by atoms with Crippen LogP contribution in [-0.2, 0) is 4.74 Å². The Bertz CT molecular complexity index is 638. The average molecular weight is 275 g/mol. The number of rotatable bonds is 3. The van der Waals surface area contributed by atoms with E-state index in [1.165, 1.54) is 6.07 Å². The molecule has 1 atom stereocenters. The van der Waals surface area contributed by atoms with Crippen molar-refractivity contribution < 1.29 is 9.13 Å². The van der Waals surface area contributed by atoms with E-state index >= 15 is 0 Å². The maximum atomic E-state index is 14.2. The molecule has 5 heteroatoms. The quantitative estimate of drug-likeness (QED) is 0.845. The van der Waals surface area contributed by atoms with Crippen molar-refractivity contribution in [2.45, 2.75) is 25.4 Å². The lowest BCUT2D eigenvalue weighted by molar-refractivity contribution is 0.0315. The molecule has 20 heavy (non-hydrogen) atoms. The minimum Gasteiger partial charge on any atom is -0.398 e. The van der Waals surface area contributed by atoms with E-state index in [0.29, 0.717) is 23.4 Å². The Morgan fingerprint density at radius 3 is 3.15 bits per heavy atom. The molecule has 1 saturated heterocycles. The molecule has 0 bridgehead atoms. The Morgan fingerprint density at radius 2 is 2.40 bits per heavy atom. The third kappa shape index (κ3) is 2.29. The molecule has 1 aromatic heterocycles. The van der Waals surface area contributed by atoms with Crippen LogP contribution in [0.1, 0.15) is 19.8 Å². The van der Waals surface area contributed by atoms with Crippen LogP contribution in [0.15, 0.2) is 24.4 Å². The second kappa shape index (κ2) is 4.90. The normalized spacial score (nSPS) is 22.3. The van der Waals surface area contributed by atoms with E-state index in [2.05, 4.69) is 10.3 Å². The highest BCUT2D eigenvalue weighted by Crippen LogP contribution is 2.31. The summed E-state index contributed by atoms with van der Waals surface area (Å²) in [5.41, 5.74) is 6.96. The molecule has 4 nitrogen and oxygen atoms in total. The molecule has 0 aliphatic carbocycles. The predicted molar refractivity (Wildman–Crippen MR) is 78.2 cm³/mol. The van der Waals surface area contributed by atoms with E-state index in [9.17, 15) is 4.39 Å². The summed E-state index contributed by atoms with van der Waals surface area (Å²) in [5.74, 6) is -0.379. The summed E-state index contributed by atoms with van der Waals surface area (Å²) in [5, 5.41) is 3.91. The molecule has 0 radical (unpaired) electrons. The number of halogens is 1. The first kappa shape index (κ1) is 13.1. The maximum Gasteiger partial charge on any atom is 0.150 e. The fraction of sp³-hybridized carbons (Fsp3) is 0.400. The fourth-order valence-electron chi connectivity index (χ4n) is 2.66. The maximum absolute atomic E-state index is 14.2. The minimum absolute atomic E-state index is 0.241. The standard InChI is InChI=1S/C15H18FN3O/c1-15(5-3-7-20-15)9-19-14-11(16)8-12(17)10-4-2-6-18-13(10)14/h2,4,6,8,19H,3,5,7,9,17H2,1H3. The molecule has 1 aliphatic heterocycles. The van der Waals surface area contributed by atoms with Gasteiger partial charge in [0.2, 0.25) is 0 Å². The van der Waals surface area contributed by atoms with Crippen LogP contribution >= 0.6 is 0 Å². The molecule has 1 aromatic carbocycles. The number of pyridine rings is 1. The number of nitrogens with zero attached hydrogens (tertiary/aromatic N) is 1. The van der Waals surface area contributed by atoms with Gasteiger partial charge in [0, 0.05) is 30.4 Å². The van der Waals surface area contributed by atoms with Gasteiger partial charge in [0.1, 0.15) is 0 Å². The monoisotopic (exact) mass is 275 g/mol. The summed E-state index contributed by atoms with van der Waals surface area (Å²) in [6, 6.07) is 4.97. The molecule has 0 spiro atoms.